The van der Waals surface area contributed by atoms with Gasteiger partial charge in [0.25, 0.3) is 0 Å². The van der Waals surface area contributed by atoms with Crippen molar-refractivity contribution in [2.24, 2.45) is 0 Å². The van der Waals surface area contributed by atoms with Crippen LogP contribution in [0.5, 0.6) is 0 Å². The number of para-hydroxylation sites is 1. The largest absolute Gasteiger partial charge is 0.293 e. The Hall–Kier alpha value is -4.99. The third kappa shape index (κ3) is 3.07. The molecule has 186 valence electrons. The van der Waals surface area contributed by atoms with Crippen LogP contribution in [0.25, 0.3) is 80.6 Å². The number of hydrogen-bond acceptors (Lipinski definition) is 2. The van der Waals surface area contributed by atoms with Gasteiger partial charge in [-0.3, -0.25) is 4.57 Å². The molecule has 0 amide bonds. The summed E-state index contributed by atoms with van der Waals surface area (Å²) in [6.45, 7) is 0. The molecule has 40 heavy (non-hydrogen) atoms. The standard InChI is InChI=1S/C37H22N2S/c1-2-8-23(9-3-1)25-16-20-31-26(22-25)17-21-34(38-31)39-32-12-6-4-10-27(32)29-18-14-24-15-19-30-28-11-5-7-13-33(28)40-37(30)35(24)36(29)39/h1-22H. The van der Waals surface area contributed by atoms with Gasteiger partial charge in [-0.2, -0.15) is 0 Å². The zero-order chi connectivity index (χ0) is 26.2. The van der Waals surface area contributed by atoms with E-state index in [4.69, 9.17) is 4.98 Å². The van der Waals surface area contributed by atoms with Gasteiger partial charge in [-0.25, -0.2) is 4.98 Å². The van der Waals surface area contributed by atoms with E-state index in [9.17, 15) is 0 Å². The van der Waals surface area contributed by atoms with Crippen molar-refractivity contribution < 1.29 is 0 Å². The average molecular weight is 527 g/mol. The van der Waals surface area contributed by atoms with Crippen molar-refractivity contribution in [3.63, 3.8) is 0 Å². The topological polar surface area (TPSA) is 17.8 Å². The fourth-order valence-electron chi connectivity index (χ4n) is 6.33. The molecule has 0 aliphatic rings. The Balaban J connectivity index is 1.38. The van der Waals surface area contributed by atoms with Crippen LogP contribution in [0.4, 0.5) is 0 Å². The van der Waals surface area contributed by atoms with Gasteiger partial charge in [0.1, 0.15) is 5.82 Å². The second kappa shape index (κ2) is 8.25. The molecule has 0 aliphatic carbocycles. The summed E-state index contributed by atoms with van der Waals surface area (Å²) < 4.78 is 5.03. The Bertz CT molecular complexity index is 2420. The lowest BCUT2D eigenvalue weighted by Crippen LogP contribution is -1.98. The lowest BCUT2D eigenvalue weighted by molar-refractivity contribution is 1.11. The third-order valence-corrected chi connectivity index (χ3v) is 9.37. The SMILES string of the molecule is c1ccc(-c2ccc3nc(-n4c5ccccc5c5ccc6ccc7c8ccccc8sc7c6c54)ccc3c2)cc1. The highest BCUT2D eigenvalue weighted by Crippen LogP contribution is 2.44. The molecule has 0 N–H and O–H groups in total. The number of thiophene rings is 1. The van der Waals surface area contributed by atoms with Gasteiger partial charge in [-0.1, -0.05) is 97.1 Å². The first-order valence-electron chi connectivity index (χ1n) is 13.6. The van der Waals surface area contributed by atoms with Gasteiger partial charge in [0.05, 0.1) is 16.6 Å². The Morgan fingerprint density at radius 2 is 1.27 bits per heavy atom. The number of benzene rings is 6. The van der Waals surface area contributed by atoms with Crippen molar-refractivity contribution in [2.45, 2.75) is 0 Å². The zero-order valence-corrected chi connectivity index (χ0v) is 22.3. The van der Waals surface area contributed by atoms with Crippen molar-refractivity contribution >= 4 is 75.0 Å². The van der Waals surface area contributed by atoms with E-state index in [1.165, 1.54) is 63.9 Å². The van der Waals surface area contributed by atoms with Crippen LogP contribution in [-0.2, 0) is 0 Å². The Labute approximate surface area is 234 Å². The van der Waals surface area contributed by atoms with E-state index < -0.39 is 0 Å². The highest BCUT2D eigenvalue weighted by atomic mass is 32.1. The van der Waals surface area contributed by atoms with E-state index in [-0.39, 0.29) is 0 Å². The van der Waals surface area contributed by atoms with Crippen LogP contribution in [0.2, 0.25) is 0 Å². The molecule has 3 aromatic heterocycles. The third-order valence-electron chi connectivity index (χ3n) is 8.17. The Kier molecular flexibility index (Phi) is 4.52. The lowest BCUT2D eigenvalue weighted by Gasteiger charge is -2.11. The smallest absolute Gasteiger partial charge is 0.138 e. The summed E-state index contributed by atoms with van der Waals surface area (Å²) in [5, 5.41) is 8.84. The monoisotopic (exact) mass is 526 g/mol. The summed E-state index contributed by atoms with van der Waals surface area (Å²) in [5.41, 5.74) is 5.82. The summed E-state index contributed by atoms with van der Waals surface area (Å²) in [6, 6.07) is 48.1. The summed E-state index contributed by atoms with van der Waals surface area (Å²) >= 11 is 1.89. The first-order chi connectivity index (χ1) is 19.8. The van der Waals surface area contributed by atoms with Crippen molar-refractivity contribution in [2.75, 3.05) is 0 Å². The molecule has 0 saturated heterocycles. The number of fused-ring (bicyclic) bond motifs is 10. The molecule has 0 spiro atoms. The second-order valence-electron chi connectivity index (χ2n) is 10.4. The van der Waals surface area contributed by atoms with Gasteiger partial charge < -0.3 is 0 Å². The van der Waals surface area contributed by atoms with Crippen LogP contribution in [0.15, 0.2) is 133 Å². The fraction of sp³-hybridized carbons (Fsp3) is 0. The Morgan fingerprint density at radius 1 is 0.525 bits per heavy atom. The van der Waals surface area contributed by atoms with Gasteiger partial charge in [-0.15, -0.1) is 11.3 Å². The van der Waals surface area contributed by atoms with Gasteiger partial charge in [-0.05, 0) is 52.9 Å². The number of hydrogen-bond donors (Lipinski definition) is 0. The number of rotatable bonds is 2. The van der Waals surface area contributed by atoms with Crippen molar-refractivity contribution in [3.8, 4) is 16.9 Å². The summed E-state index contributed by atoms with van der Waals surface area (Å²) in [6.07, 6.45) is 0. The van der Waals surface area contributed by atoms with Gasteiger partial charge in [0.15, 0.2) is 0 Å². The maximum atomic E-state index is 5.25. The molecule has 9 aromatic rings. The van der Waals surface area contributed by atoms with Crippen LogP contribution in [-0.4, -0.2) is 9.55 Å². The molecule has 0 saturated carbocycles. The summed E-state index contributed by atoms with van der Waals surface area (Å²) in [7, 11) is 0. The van der Waals surface area contributed by atoms with Crippen molar-refractivity contribution in [1.82, 2.24) is 9.55 Å². The predicted octanol–water partition coefficient (Wildman–Crippen LogP) is 10.5. The van der Waals surface area contributed by atoms with Crippen LogP contribution < -0.4 is 0 Å². The van der Waals surface area contributed by atoms with E-state index >= 15 is 0 Å². The molecular formula is C37H22N2S. The highest BCUT2D eigenvalue weighted by Gasteiger charge is 2.19. The average Bonchev–Trinajstić information content (AvgIpc) is 3.57. The maximum absolute atomic E-state index is 5.25. The second-order valence-corrected chi connectivity index (χ2v) is 11.4. The quantitative estimate of drug-likeness (QED) is 0.219. The van der Waals surface area contributed by atoms with Gasteiger partial charge in [0.2, 0.25) is 0 Å². The minimum Gasteiger partial charge on any atom is -0.293 e. The molecule has 0 bridgehead atoms. The molecule has 3 heterocycles. The van der Waals surface area contributed by atoms with Crippen LogP contribution in [0.3, 0.4) is 0 Å². The normalized spacial score (nSPS) is 12.0. The van der Waals surface area contributed by atoms with Crippen LogP contribution in [0.1, 0.15) is 0 Å². The molecule has 0 unspecified atom stereocenters. The van der Waals surface area contributed by atoms with E-state index in [0.717, 1.165) is 16.7 Å². The maximum Gasteiger partial charge on any atom is 0.138 e. The molecule has 9 rings (SSSR count). The molecule has 2 nitrogen and oxygen atoms in total. The molecule has 0 radical (unpaired) electrons. The van der Waals surface area contributed by atoms with E-state index in [2.05, 4.69) is 138 Å². The molecule has 3 heteroatoms. The molecule has 0 atom stereocenters. The van der Waals surface area contributed by atoms with Gasteiger partial charge >= 0.3 is 0 Å². The van der Waals surface area contributed by atoms with Gasteiger partial charge in [0, 0.05) is 41.7 Å². The van der Waals surface area contributed by atoms with Crippen molar-refractivity contribution in [3.05, 3.63) is 133 Å². The molecule has 0 aliphatic heterocycles. The van der Waals surface area contributed by atoms with Crippen molar-refractivity contribution in [1.29, 1.82) is 0 Å². The molecule has 6 aromatic carbocycles. The molecule has 0 fully saturated rings. The zero-order valence-electron chi connectivity index (χ0n) is 21.5. The van der Waals surface area contributed by atoms with E-state index in [1.54, 1.807) is 0 Å². The summed E-state index contributed by atoms with van der Waals surface area (Å²) in [5.74, 6) is 0.941. The van der Waals surface area contributed by atoms with Crippen LogP contribution in [0, 0.1) is 0 Å². The minimum absolute atomic E-state index is 0.941. The highest BCUT2D eigenvalue weighted by molar-refractivity contribution is 7.26. The number of pyridine rings is 1. The lowest BCUT2D eigenvalue weighted by atomic mass is 10.0. The first kappa shape index (κ1) is 21.9. The fourth-order valence-corrected chi connectivity index (χ4v) is 7.59. The predicted molar refractivity (Wildman–Crippen MR) is 172 cm³/mol. The summed E-state index contributed by atoms with van der Waals surface area (Å²) in [4.78, 5) is 5.25. The first-order valence-corrected chi connectivity index (χ1v) is 14.4. The number of aromatic nitrogens is 2. The molecular weight excluding hydrogens is 504 g/mol. The Morgan fingerprint density at radius 3 is 2.17 bits per heavy atom. The number of nitrogens with zero attached hydrogens (tertiary/aromatic N) is 2. The minimum atomic E-state index is 0.941. The van der Waals surface area contributed by atoms with E-state index in [1.807, 2.05) is 11.3 Å². The van der Waals surface area contributed by atoms with Crippen LogP contribution >= 0.6 is 11.3 Å². The van der Waals surface area contributed by atoms with E-state index in [0.29, 0.717) is 0 Å².